The molecule has 0 aliphatic heterocycles. The van der Waals surface area contributed by atoms with Crippen LogP contribution in [0.1, 0.15) is 41.0 Å². The number of rotatable bonds is 7. The van der Waals surface area contributed by atoms with E-state index in [4.69, 9.17) is 5.11 Å². The molecule has 0 saturated carbocycles. The van der Waals surface area contributed by atoms with Crippen molar-refractivity contribution < 1.29 is 14.7 Å². The van der Waals surface area contributed by atoms with Gasteiger partial charge < -0.3 is 10.0 Å². The fraction of sp³-hybridized carbons (Fsp3) is 0.846. The van der Waals surface area contributed by atoms with E-state index in [-0.39, 0.29) is 24.5 Å². The minimum atomic E-state index is -0.881. The standard InChI is InChI=1S/C13H26N2O3/c1-7-11(13(17)18)14(6)8-12(16)15(9(2)3)10(4)5/h9-11H,7-8H2,1-6H3,(H,17,18). The average Bonchev–Trinajstić information content (AvgIpc) is 2.15. The first kappa shape index (κ1) is 16.9. The summed E-state index contributed by atoms with van der Waals surface area (Å²) in [5, 5.41) is 9.05. The SMILES string of the molecule is CCC(C(=O)O)N(C)CC(=O)N(C(C)C)C(C)C. The first-order valence-corrected chi connectivity index (χ1v) is 6.46. The molecule has 0 aromatic heterocycles. The lowest BCUT2D eigenvalue weighted by molar-refractivity contribution is -0.144. The van der Waals surface area contributed by atoms with Gasteiger partial charge in [0.05, 0.1) is 6.54 Å². The van der Waals surface area contributed by atoms with Crippen LogP contribution in [0.2, 0.25) is 0 Å². The first-order valence-electron chi connectivity index (χ1n) is 6.46. The molecule has 0 aromatic carbocycles. The number of hydrogen-bond donors (Lipinski definition) is 1. The summed E-state index contributed by atoms with van der Waals surface area (Å²) < 4.78 is 0. The van der Waals surface area contributed by atoms with Gasteiger partial charge in [0, 0.05) is 12.1 Å². The van der Waals surface area contributed by atoms with E-state index in [1.807, 2.05) is 34.6 Å². The summed E-state index contributed by atoms with van der Waals surface area (Å²) in [6.07, 6.45) is 0.489. The number of aliphatic carboxylic acids is 1. The van der Waals surface area contributed by atoms with E-state index in [0.29, 0.717) is 6.42 Å². The quantitative estimate of drug-likeness (QED) is 0.750. The van der Waals surface area contributed by atoms with E-state index < -0.39 is 12.0 Å². The zero-order valence-electron chi connectivity index (χ0n) is 12.3. The Hall–Kier alpha value is -1.10. The van der Waals surface area contributed by atoms with Crippen LogP contribution >= 0.6 is 0 Å². The Bertz CT molecular complexity index is 282. The smallest absolute Gasteiger partial charge is 0.320 e. The van der Waals surface area contributed by atoms with Gasteiger partial charge >= 0.3 is 5.97 Å². The predicted octanol–water partition coefficient (Wildman–Crippen LogP) is 1.43. The maximum atomic E-state index is 12.2. The first-order chi connectivity index (χ1) is 8.22. The van der Waals surface area contributed by atoms with E-state index in [2.05, 4.69) is 0 Å². The summed E-state index contributed by atoms with van der Waals surface area (Å²) in [6, 6.07) is -0.360. The number of amides is 1. The highest BCUT2D eigenvalue weighted by molar-refractivity contribution is 5.80. The Balaban J connectivity index is 4.67. The molecule has 0 bridgehead atoms. The fourth-order valence-electron chi connectivity index (χ4n) is 2.25. The van der Waals surface area contributed by atoms with Gasteiger partial charge in [0.1, 0.15) is 6.04 Å². The highest BCUT2D eigenvalue weighted by Crippen LogP contribution is 2.08. The summed E-state index contributed by atoms with van der Waals surface area (Å²) in [5.41, 5.74) is 0. The van der Waals surface area contributed by atoms with Crippen LogP contribution in [0, 0.1) is 0 Å². The molecule has 0 aliphatic rings. The van der Waals surface area contributed by atoms with Gasteiger partial charge in [0.15, 0.2) is 0 Å². The Morgan fingerprint density at radius 3 is 1.83 bits per heavy atom. The molecule has 0 heterocycles. The molecule has 0 fully saturated rings. The molecule has 5 nitrogen and oxygen atoms in total. The molecule has 18 heavy (non-hydrogen) atoms. The minimum Gasteiger partial charge on any atom is -0.480 e. The van der Waals surface area contributed by atoms with E-state index in [9.17, 15) is 9.59 Å². The van der Waals surface area contributed by atoms with Crippen molar-refractivity contribution in [1.82, 2.24) is 9.80 Å². The van der Waals surface area contributed by atoms with Crippen LogP contribution in [0.25, 0.3) is 0 Å². The van der Waals surface area contributed by atoms with Crippen LogP contribution in [0.4, 0.5) is 0 Å². The predicted molar refractivity (Wildman–Crippen MR) is 71.5 cm³/mol. The lowest BCUT2D eigenvalue weighted by atomic mass is 10.2. The third kappa shape index (κ3) is 4.64. The van der Waals surface area contributed by atoms with Crippen molar-refractivity contribution in [1.29, 1.82) is 0 Å². The van der Waals surface area contributed by atoms with Crippen molar-refractivity contribution >= 4 is 11.9 Å². The number of carbonyl (C=O) groups is 2. The number of carboxylic acids is 1. The van der Waals surface area contributed by atoms with Crippen molar-refractivity contribution in [2.45, 2.75) is 59.2 Å². The maximum absolute atomic E-state index is 12.2. The lowest BCUT2D eigenvalue weighted by Gasteiger charge is -2.33. The van der Waals surface area contributed by atoms with Crippen LogP contribution in [-0.2, 0) is 9.59 Å². The number of carbonyl (C=O) groups excluding carboxylic acids is 1. The molecule has 0 rings (SSSR count). The second-order valence-electron chi connectivity index (χ2n) is 5.17. The second kappa shape index (κ2) is 7.36. The van der Waals surface area contributed by atoms with Gasteiger partial charge in [-0.2, -0.15) is 0 Å². The molecule has 0 aliphatic carbocycles. The van der Waals surface area contributed by atoms with Crippen molar-refractivity contribution in [3.05, 3.63) is 0 Å². The molecule has 0 saturated heterocycles. The number of carboxylic acid groups (broad SMARTS) is 1. The van der Waals surface area contributed by atoms with E-state index in [1.54, 1.807) is 16.8 Å². The molecule has 0 aromatic rings. The lowest BCUT2D eigenvalue weighted by Crippen LogP contribution is -2.49. The Kier molecular flexibility index (Phi) is 6.91. The maximum Gasteiger partial charge on any atom is 0.320 e. The number of nitrogens with zero attached hydrogens (tertiary/aromatic N) is 2. The van der Waals surface area contributed by atoms with Crippen LogP contribution in [0.5, 0.6) is 0 Å². The van der Waals surface area contributed by atoms with Gasteiger partial charge in [0.25, 0.3) is 0 Å². The van der Waals surface area contributed by atoms with Gasteiger partial charge in [0.2, 0.25) is 5.91 Å². The molecule has 106 valence electrons. The highest BCUT2D eigenvalue weighted by atomic mass is 16.4. The van der Waals surface area contributed by atoms with Crippen LogP contribution in [-0.4, -0.2) is 58.5 Å². The van der Waals surface area contributed by atoms with Crippen molar-refractivity contribution in [3.63, 3.8) is 0 Å². The van der Waals surface area contributed by atoms with E-state index in [1.165, 1.54) is 0 Å². The fourth-order valence-corrected chi connectivity index (χ4v) is 2.25. The number of hydrogen-bond acceptors (Lipinski definition) is 3. The molecule has 0 spiro atoms. The molecule has 5 heteroatoms. The summed E-state index contributed by atoms with van der Waals surface area (Å²) in [6.45, 7) is 9.81. The van der Waals surface area contributed by atoms with Gasteiger partial charge in [-0.15, -0.1) is 0 Å². The van der Waals surface area contributed by atoms with Crippen molar-refractivity contribution in [3.8, 4) is 0 Å². The van der Waals surface area contributed by atoms with Crippen molar-refractivity contribution in [2.75, 3.05) is 13.6 Å². The molecular formula is C13H26N2O3. The monoisotopic (exact) mass is 258 g/mol. The van der Waals surface area contributed by atoms with E-state index >= 15 is 0 Å². The third-order valence-corrected chi connectivity index (χ3v) is 2.99. The van der Waals surface area contributed by atoms with Crippen LogP contribution in [0.3, 0.4) is 0 Å². The van der Waals surface area contributed by atoms with Gasteiger partial charge in [-0.05, 0) is 41.2 Å². The minimum absolute atomic E-state index is 0.0257. The average molecular weight is 258 g/mol. The molecule has 1 unspecified atom stereocenters. The summed E-state index contributed by atoms with van der Waals surface area (Å²) in [5.74, 6) is -0.907. The van der Waals surface area contributed by atoms with Gasteiger partial charge in [-0.3, -0.25) is 14.5 Å². The molecule has 1 N–H and O–H groups in total. The zero-order chi connectivity index (χ0) is 14.5. The number of likely N-dealkylation sites (N-methyl/N-ethyl adjacent to an activating group) is 1. The largest absolute Gasteiger partial charge is 0.480 e. The molecule has 1 atom stereocenters. The third-order valence-electron chi connectivity index (χ3n) is 2.99. The molecule has 1 amide bonds. The molecule has 0 radical (unpaired) electrons. The Morgan fingerprint density at radius 2 is 1.56 bits per heavy atom. The van der Waals surface area contributed by atoms with Gasteiger partial charge in [-0.1, -0.05) is 6.92 Å². The van der Waals surface area contributed by atoms with E-state index in [0.717, 1.165) is 0 Å². The van der Waals surface area contributed by atoms with Crippen LogP contribution in [0.15, 0.2) is 0 Å². The topological polar surface area (TPSA) is 60.9 Å². The Morgan fingerprint density at radius 1 is 1.11 bits per heavy atom. The van der Waals surface area contributed by atoms with Crippen molar-refractivity contribution in [2.24, 2.45) is 0 Å². The summed E-state index contributed by atoms with van der Waals surface area (Å²) >= 11 is 0. The normalized spacial score (nSPS) is 13.2. The highest BCUT2D eigenvalue weighted by Gasteiger charge is 2.26. The van der Waals surface area contributed by atoms with Crippen LogP contribution < -0.4 is 0 Å². The summed E-state index contributed by atoms with van der Waals surface area (Å²) in [4.78, 5) is 26.6. The zero-order valence-corrected chi connectivity index (χ0v) is 12.3. The molecular weight excluding hydrogens is 232 g/mol. The van der Waals surface area contributed by atoms with Gasteiger partial charge in [-0.25, -0.2) is 0 Å². The second-order valence-corrected chi connectivity index (χ2v) is 5.17. The Labute approximate surface area is 110 Å². The summed E-state index contributed by atoms with van der Waals surface area (Å²) in [7, 11) is 1.68.